The highest BCUT2D eigenvalue weighted by molar-refractivity contribution is 5.82. The Morgan fingerprint density at radius 3 is 2.33 bits per heavy atom. The standard InChI is InChI=1S/C13H25N5O3/c1-3-17(8-11(19)15-2)9-12(20)18-6-4-10(5-7-18)13(21)16-14/h10H,3-9,14H2,1-2H3,(H,15,19)(H,16,21). The van der Waals surface area contributed by atoms with E-state index in [1.807, 2.05) is 6.92 Å². The lowest BCUT2D eigenvalue weighted by Gasteiger charge is -2.32. The lowest BCUT2D eigenvalue weighted by atomic mass is 9.96. The molecule has 120 valence electrons. The predicted octanol–water partition coefficient (Wildman–Crippen LogP) is -1.72. The van der Waals surface area contributed by atoms with Crippen molar-refractivity contribution in [3.05, 3.63) is 0 Å². The summed E-state index contributed by atoms with van der Waals surface area (Å²) in [4.78, 5) is 38.5. The minimum Gasteiger partial charge on any atom is -0.358 e. The van der Waals surface area contributed by atoms with E-state index >= 15 is 0 Å². The Balaban J connectivity index is 2.42. The Kier molecular flexibility index (Phi) is 7.10. The number of carbonyl (C=O) groups is 3. The molecule has 21 heavy (non-hydrogen) atoms. The van der Waals surface area contributed by atoms with E-state index < -0.39 is 0 Å². The SMILES string of the molecule is CCN(CC(=O)NC)CC(=O)N1CCC(C(=O)NN)CC1. The number of piperidine rings is 1. The summed E-state index contributed by atoms with van der Waals surface area (Å²) >= 11 is 0. The fourth-order valence-electron chi connectivity index (χ4n) is 2.36. The molecule has 0 aromatic carbocycles. The molecule has 0 atom stereocenters. The molecule has 0 radical (unpaired) electrons. The molecule has 1 aliphatic heterocycles. The number of amides is 3. The number of nitrogens with two attached hydrogens (primary N) is 1. The minimum absolute atomic E-state index is 0.00707. The summed E-state index contributed by atoms with van der Waals surface area (Å²) in [6.45, 7) is 4.07. The fourth-order valence-corrected chi connectivity index (χ4v) is 2.36. The second-order valence-electron chi connectivity index (χ2n) is 5.14. The third-order valence-corrected chi connectivity index (χ3v) is 3.81. The smallest absolute Gasteiger partial charge is 0.237 e. The number of carbonyl (C=O) groups excluding carboxylic acids is 3. The van der Waals surface area contributed by atoms with Crippen molar-refractivity contribution in [2.24, 2.45) is 11.8 Å². The van der Waals surface area contributed by atoms with Crippen LogP contribution in [0.4, 0.5) is 0 Å². The minimum atomic E-state index is -0.170. The summed E-state index contributed by atoms with van der Waals surface area (Å²) in [5.41, 5.74) is 2.15. The van der Waals surface area contributed by atoms with Gasteiger partial charge in [-0.25, -0.2) is 5.84 Å². The van der Waals surface area contributed by atoms with Gasteiger partial charge in [-0.2, -0.15) is 0 Å². The Bertz CT molecular complexity index is 380. The van der Waals surface area contributed by atoms with E-state index in [1.54, 1.807) is 16.8 Å². The molecular formula is C13H25N5O3. The first kappa shape index (κ1) is 17.4. The van der Waals surface area contributed by atoms with E-state index in [1.165, 1.54) is 0 Å². The Labute approximate surface area is 125 Å². The van der Waals surface area contributed by atoms with Gasteiger partial charge in [0.1, 0.15) is 0 Å². The molecule has 8 heteroatoms. The zero-order valence-electron chi connectivity index (χ0n) is 12.7. The first-order valence-corrected chi connectivity index (χ1v) is 7.23. The third kappa shape index (κ3) is 5.31. The number of likely N-dealkylation sites (N-methyl/N-ethyl adjacent to an activating group) is 2. The van der Waals surface area contributed by atoms with E-state index in [2.05, 4.69) is 10.7 Å². The normalized spacial score (nSPS) is 15.9. The average Bonchev–Trinajstić information content (AvgIpc) is 2.53. The van der Waals surface area contributed by atoms with E-state index in [0.717, 1.165) is 0 Å². The summed E-state index contributed by atoms with van der Waals surface area (Å²) in [5.74, 6) is 4.71. The first-order valence-electron chi connectivity index (χ1n) is 7.23. The van der Waals surface area contributed by atoms with Crippen LogP contribution in [0.3, 0.4) is 0 Å². The zero-order chi connectivity index (χ0) is 15.8. The average molecular weight is 299 g/mol. The van der Waals surface area contributed by atoms with Gasteiger partial charge in [0.15, 0.2) is 0 Å². The molecule has 1 rings (SSSR count). The van der Waals surface area contributed by atoms with Gasteiger partial charge in [-0.3, -0.25) is 24.7 Å². The molecule has 1 fully saturated rings. The van der Waals surface area contributed by atoms with E-state index in [-0.39, 0.29) is 36.7 Å². The highest BCUT2D eigenvalue weighted by atomic mass is 16.2. The highest BCUT2D eigenvalue weighted by Crippen LogP contribution is 2.17. The van der Waals surface area contributed by atoms with Gasteiger partial charge in [0.05, 0.1) is 13.1 Å². The Morgan fingerprint density at radius 2 is 1.86 bits per heavy atom. The van der Waals surface area contributed by atoms with Gasteiger partial charge in [0, 0.05) is 26.1 Å². The van der Waals surface area contributed by atoms with Gasteiger partial charge in [-0.05, 0) is 19.4 Å². The van der Waals surface area contributed by atoms with E-state index in [9.17, 15) is 14.4 Å². The zero-order valence-corrected chi connectivity index (χ0v) is 12.7. The van der Waals surface area contributed by atoms with Crippen LogP contribution in [-0.2, 0) is 14.4 Å². The topological polar surface area (TPSA) is 108 Å². The summed E-state index contributed by atoms with van der Waals surface area (Å²) in [6.07, 6.45) is 1.24. The van der Waals surface area contributed by atoms with Crippen LogP contribution in [0.2, 0.25) is 0 Å². The van der Waals surface area contributed by atoms with Gasteiger partial charge >= 0.3 is 0 Å². The molecule has 0 aromatic heterocycles. The van der Waals surface area contributed by atoms with Crippen LogP contribution in [0.1, 0.15) is 19.8 Å². The summed E-state index contributed by atoms with van der Waals surface area (Å²) in [6, 6.07) is 0. The molecule has 3 amide bonds. The molecule has 1 heterocycles. The molecule has 0 unspecified atom stereocenters. The summed E-state index contributed by atoms with van der Waals surface area (Å²) in [7, 11) is 1.57. The van der Waals surface area contributed by atoms with Gasteiger partial charge in [-0.15, -0.1) is 0 Å². The number of likely N-dealkylation sites (tertiary alicyclic amines) is 1. The van der Waals surface area contributed by atoms with Crippen LogP contribution < -0.4 is 16.6 Å². The molecule has 1 saturated heterocycles. The van der Waals surface area contributed by atoms with Crippen LogP contribution in [0.5, 0.6) is 0 Å². The quantitative estimate of drug-likeness (QED) is 0.307. The lowest BCUT2D eigenvalue weighted by molar-refractivity contribution is -0.137. The van der Waals surface area contributed by atoms with Crippen LogP contribution in [0.15, 0.2) is 0 Å². The second kappa shape index (κ2) is 8.58. The van der Waals surface area contributed by atoms with Crippen molar-refractivity contribution in [2.45, 2.75) is 19.8 Å². The monoisotopic (exact) mass is 299 g/mol. The molecule has 0 aromatic rings. The van der Waals surface area contributed by atoms with Crippen molar-refractivity contribution in [3.63, 3.8) is 0 Å². The van der Waals surface area contributed by atoms with Crippen LogP contribution in [0, 0.1) is 5.92 Å². The number of nitrogens with one attached hydrogen (secondary N) is 2. The van der Waals surface area contributed by atoms with Gasteiger partial charge in [0.25, 0.3) is 0 Å². The Hall–Kier alpha value is -1.67. The second-order valence-corrected chi connectivity index (χ2v) is 5.14. The predicted molar refractivity (Wildman–Crippen MR) is 77.8 cm³/mol. The maximum Gasteiger partial charge on any atom is 0.237 e. The molecule has 0 saturated carbocycles. The molecule has 1 aliphatic rings. The summed E-state index contributed by atoms with van der Waals surface area (Å²) < 4.78 is 0. The van der Waals surface area contributed by atoms with E-state index in [4.69, 9.17) is 5.84 Å². The molecule has 4 N–H and O–H groups in total. The van der Waals surface area contributed by atoms with Crippen molar-refractivity contribution >= 4 is 17.7 Å². The van der Waals surface area contributed by atoms with Gasteiger partial charge < -0.3 is 10.2 Å². The first-order chi connectivity index (χ1) is 10.0. The van der Waals surface area contributed by atoms with Crippen molar-refractivity contribution < 1.29 is 14.4 Å². The lowest BCUT2D eigenvalue weighted by Crippen LogP contribution is -2.48. The Morgan fingerprint density at radius 1 is 1.24 bits per heavy atom. The largest absolute Gasteiger partial charge is 0.358 e. The van der Waals surface area contributed by atoms with Crippen molar-refractivity contribution in [2.75, 3.05) is 39.8 Å². The molecule has 0 bridgehead atoms. The van der Waals surface area contributed by atoms with Crippen LogP contribution in [-0.4, -0.2) is 67.3 Å². The highest BCUT2D eigenvalue weighted by Gasteiger charge is 2.27. The van der Waals surface area contributed by atoms with Crippen molar-refractivity contribution in [3.8, 4) is 0 Å². The number of hydrogen-bond acceptors (Lipinski definition) is 5. The maximum atomic E-state index is 12.2. The molecule has 0 spiro atoms. The van der Waals surface area contributed by atoms with Crippen molar-refractivity contribution in [1.29, 1.82) is 0 Å². The number of hydrazine groups is 1. The fraction of sp³-hybridized carbons (Fsp3) is 0.769. The maximum absolute atomic E-state index is 12.2. The van der Waals surface area contributed by atoms with Gasteiger partial charge in [-0.1, -0.05) is 6.92 Å². The molecular weight excluding hydrogens is 274 g/mol. The van der Waals surface area contributed by atoms with E-state index in [0.29, 0.717) is 32.5 Å². The van der Waals surface area contributed by atoms with Crippen molar-refractivity contribution in [1.82, 2.24) is 20.5 Å². The van der Waals surface area contributed by atoms with Gasteiger partial charge in [0.2, 0.25) is 17.7 Å². The number of hydrogen-bond donors (Lipinski definition) is 3. The molecule has 8 nitrogen and oxygen atoms in total. The number of rotatable bonds is 6. The summed E-state index contributed by atoms with van der Waals surface area (Å²) in [5, 5.41) is 2.55. The van der Waals surface area contributed by atoms with Crippen LogP contribution in [0.25, 0.3) is 0 Å². The third-order valence-electron chi connectivity index (χ3n) is 3.81. The number of nitrogens with zero attached hydrogens (tertiary/aromatic N) is 2. The molecule has 0 aliphatic carbocycles. The van der Waals surface area contributed by atoms with Crippen LogP contribution >= 0.6 is 0 Å².